The lowest BCUT2D eigenvalue weighted by atomic mass is 10.0. The topological polar surface area (TPSA) is 55.7 Å². The summed E-state index contributed by atoms with van der Waals surface area (Å²) in [5.41, 5.74) is 0. The summed E-state index contributed by atoms with van der Waals surface area (Å²) in [6.45, 7) is 11.8. The Bertz CT molecular complexity index is 173. The molecule has 0 spiro atoms. The van der Waals surface area contributed by atoms with Gasteiger partial charge in [-0.2, -0.15) is 0 Å². The van der Waals surface area contributed by atoms with E-state index in [9.17, 15) is 10.2 Å². The van der Waals surface area contributed by atoms with Crippen molar-refractivity contribution in [3.8, 4) is 0 Å². The lowest BCUT2D eigenvalue weighted by Gasteiger charge is -2.24. The van der Waals surface area contributed by atoms with Crippen molar-refractivity contribution in [2.45, 2.75) is 46.3 Å². The van der Waals surface area contributed by atoms with Gasteiger partial charge in [-0.15, -0.1) is 0 Å². The Morgan fingerprint density at radius 3 is 2.18 bits per heavy atom. The molecule has 17 heavy (non-hydrogen) atoms. The smallest absolute Gasteiger partial charge is 0.0791 e. The number of hydrogen-bond donors (Lipinski definition) is 3. The van der Waals surface area contributed by atoms with Crippen LogP contribution in [0.1, 0.15) is 34.1 Å². The van der Waals surface area contributed by atoms with Crippen LogP contribution in [0, 0.1) is 5.92 Å². The monoisotopic (exact) mass is 246 g/mol. The van der Waals surface area contributed by atoms with E-state index in [1.165, 1.54) is 0 Å². The lowest BCUT2D eigenvalue weighted by Crippen LogP contribution is -2.43. The Morgan fingerprint density at radius 2 is 1.76 bits per heavy atom. The predicted molar refractivity (Wildman–Crippen MR) is 72.1 cm³/mol. The van der Waals surface area contributed by atoms with Gasteiger partial charge < -0.3 is 20.4 Å². The minimum Gasteiger partial charge on any atom is -0.395 e. The first-order chi connectivity index (χ1) is 8.03. The van der Waals surface area contributed by atoms with E-state index in [0.717, 1.165) is 19.5 Å². The van der Waals surface area contributed by atoms with Crippen LogP contribution >= 0.6 is 0 Å². The van der Waals surface area contributed by atoms with Crippen LogP contribution in [0.2, 0.25) is 0 Å². The van der Waals surface area contributed by atoms with E-state index >= 15 is 0 Å². The molecule has 0 fully saturated rings. The van der Waals surface area contributed by atoms with Crippen molar-refractivity contribution in [3.63, 3.8) is 0 Å². The Labute approximate surface area is 106 Å². The van der Waals surface area contributed by atoms with E-state index in [0.29, 0.717) is 19.0 Å². The SMILES string of the molecule is CCN(CC)CC(O)CNC(CO)CC(C)C. The van der Waals surface area contributed by atoms with Gasteiger partial charge in [-0.3, -0.25) is 0 Å². The number of likely N-dealkylation sites (N-methyl/N-ethyl adjacent to an activating group) is 1. The average molecular weight is 246 g/mol. The van der Waals surface area contributed by atoms with Crippen LogP contribution in [0.4, 0.5) is 0 Å². The highest BCUT2D eigenvalue weighted by molar-refractivity contribution is 4.72. The number of rotatable bonds is 10. The first-order valence-corrected chi connectivity index (χ1v) is 6.78. The van der Waals surface area contributed by atoms with Crippen molar-refractivity contribution in [2.24, 2.45) is 5.92 Å². The molecule has 0 amide bonds. The Kier molecular flexibility index (Phi) is 9.74. The van der Waals surface area contributed by atoms with E-state index in [1.54, 1.807) is 0 Å². The van der Waals surface area contributed by atoms with Gasteiger partial charge in [0, 0.05) is 19.1 Å². The predicted octanol–water partition coefficient (Wildman–Crippen LogP) is 0.686. The normalized spacial score (nSPS) is 15.5. The molecule has 2 atom stereocenters. The summed E-state index contributed by atoms with van der Waals surface area (Å²) in [7, 11) is 0. The van der Waals surface area contributed by atoms with Crippen LogP contribution in [-0.4, -0.2) is 60.0 Å². The van der Waals surface area contributed by atoms with Crippen LogP contribution in [0.5, 0.6) is 0 Å². The van der Waals surface area contributed by atoms with Gasteiger partial charge in [-0.25, -0.2) is 0 Å². The van der Waals surface area contributed by atoms with E-state index in [1.807, 2.05) is 0 Å². The fraction of sp³-hybridized carbons (Fsp3) is 1.00. The van der Waals surface area contributed by atoms with E-state index in [2.05, 4.69) is 37.9 Å². The first kappa shape index (κ1) is 16.8. The molecule has 3 N–H and O–H groups in total. The molecule has 0 aromatic heterocycles. The van der Waals surface area contributed by atoms with Gasteiger partial charge in [0.05, 0.1) is 12.7 Å². The van der Waals surface area contributed by atoms with Crippen LogP contribution in [0.15, 0.2) is 0 Å². The minimum absolute atomic E-state index is 0.0985. The molecule has 0 aromatic rings. The van der Waals surface area contributed by atoms with Gasteiger partial charge in [-0.05, 0) is 25.4 Å². The van der Waals surface area contributed by atoms with Crippen molar-refractivity contribution in [2.75, 3.05) is 32.8 Å². The third kappa shape index (κ3) is 8.55. The van der Waals surface area contributed by atoms with Crippen molar-refractivity contribution < 1.29 is 10.2 Å². The molecule has 4 heteroatoms. The molecular formula is C13H30N2O2. The highest BCUT2D eigenvalue weighted by Gasteiger charge is 2.13. The molecule has 0 rings (SSSR count). The molecule has 0 radical (unpaired) electrons. The number of aliphatic hydroxyl groups excluding tert-OH is 2. The van der Waals surface area contributed by atoms with Crippen LogP contribution < -0.4 is 5.32 Å². The van der Waals surface area contributed by atoms with Crippen molar-refractivity contribution in [3.05, 3.63) is 0 Å². The molecule has 0 aliphatic heterocycles. The van der Waals surface area contributed by atoms with Gasteiger partial charge >= 0.3 is 0 Å². The lowest BCUT2D eigenvalue weighted by molar-refractivity contribution is 0.108. The summed E-state index contributed by atoms with van der Waals surface area (Å²) in [5.74, 6) is 0.555. The third-order valence-corrected chi connectivity index (χ3v) is 2.98. The quantitative estimate of drug-likeness (QED) is 0.531. The van der Waals surface area contributed by atoms with Gasteiger partial charge in [-0.1, -0.05) is 27.7 Å². The Hall–Kier alpha value is -0.160. The second-order valence-electron chi connectivity index (χ2n) is 5.06. The average Bonchev–Trinajstić information content (AvgIpc) is 2.30. The summed E-state index contributed by atoms with van der Waals surface area (Å²) in [4.78, 5) is 2.20. The number of aliphatic hydroxyl groups is 2. The fourth-order valence-corrected chi connectivity index (χ4v) is 1.94. The number of nitrogens with zero attached hydrogens (tertiary/aromatic N) is 1. The fourth-order valence-electron chi connectivity index (χ4n) is 1.94. The maximum atomic E-state index is 9.87. The Morgan fingerprint density at radius 1 is 1.18 bits per heavy atom. The summed E-state index contributed by atoms with van der Waals surface area (Å²) in [5, 5.41) is 22.3. The van der Waals surface area contributed by atoms with Crippen molar-refractivity contribution in [1.29, 1.82) is 0 Å². The zero-order valence-corrected chi connectivity index (χ0v) is 11.8. The second kappa shape index (κ2) is 9.83. The molecule has 0 aliphatic carbocycles. The molecular weight excluding hydrogens is 216 g/mol. The molecule has 4 nitrogen and oxygen atoms in total. The van der Waals surface area contributed by atoms with Crippen LogP contribution in [-0.2, 0) is 0 Å². The minimum atomic E-state index is -0.365. The van der Waals surface area contributed by atoms with Gasteiger partial charge in [0.25, 0.3) is 0 Å². The first-order valence-electron chi connectivity index (χ1n) is 6.78. The van der Waals surface area contributed by atoms with Crippen LogP contribution in [0.3, 0.4) is 0 Å². The van der Waals surface area contributed by atoms with E-state index in [4.69, 9.17) is 0 Å². The standard InChI is InChI=1S/C13H30N2O2/c1-5-15(6-2)9-13(17)8-14-12(10-16)7-11(3)4/h11-14,16-17H,5-10H2,1-4H3. The molecule has 2 unspecified atom stereocenters. The second-order valence-corrected chi connectivity index (χ2v) is 5.06. The molecule has 104 valence electrons. The van der Waals surface area contributed by atoms with Gasteiger partial charge in [0.15, 0.2) is 0 Å². The maximum Gasteiger partial charge on any atom is 0.0791 e. The highest BCUT2D eigenvalue weighted by Crippen LogP contribution is 2.04. The zero-order chi connectivity index (χ0) is 13.3. The largest absolute Gasteiger partial charge is 0.395 e. The summed E-state index contributed by atoms with van der Waals surface area (Å²) in [6.07, 6.45) is 0.574. The van der Waals surface area contributed by atoms with Crippen molar-refractivity contribution >= 4 is 0 Å². The molecule has 0 bridgehead atoms. The maximum absolute atomic E-state index is 9.87. The Balaban J connectivity index is 3.83. The zero-order valence-electron chi connectivity index (χ0n) is 11.8. The summed E-state index contributed by atoms with van der Waals surface area (Å²) >= 11 is 0. The number of nitrogens with one attached hydrogen (secondary N) is 1. The van der Waals surface area contributed by atoms with Gasteiger partial charge in [0.1, 0.15) is 0 Å². The van der Waals surface area contributed by atoms with Crippen LogP contribution in [0.25, 0.3) is 0 Å². The molecule has 0 heterocycles. The molecule has 0 aromatic carbocycles. The summed E-state index contributed by atoms with van der Waals surface area (Å²) in [6, 6.07) is 0.0985. The van der Waals surface area contributed by atoms with E-state index < -0.39 is 0 Å². The van der Waals surface area contributed by atoms with Crippen molar-refractivity contribution in [1.82, 2.24) is 10.2 Å². The van der Waals surface area contributed by atoms with Gasteiger partial charge in [0.2, 0.25) is 0 Å². The summed E-state index contributed by atoms with van der Waals surface area (Å²) < 4.78 is 0. The molecule has 0 aliphatic rings. The van der Waals surface area contributed by atoms with E-state index in [-0.39, 0.29) is 18.8 Å². The molecule has 0 saturated heterocycles. The molecule has 0 saturated carbocycles. The third-order valence-electron chi connectivity index (χ3n) is 2.98. The number of hydrogen-bond acceptors (Lipinski definition) is 4. The highest BCUT2D eigenvalue weighted by atomic mass is 16.3.